The van der Waals surface area contributed by atoms with Gasteiger partial charge < -0.3 is 0 Å². The molecule has 0 amide bonds. The zero-order valence-corrected chi connectivity index (χ0v) is 11.5. The molecule has 0 heterocycles. The minimum atomic E-state index is 0.504. The molecule has 4 nitrogen and oxygen atoms in total. The maximum absolute atomic E-state index is 8.79. The highest BCUT2D eigenvalue weighted by atomic mass is 32.2. The van der Waals surface area contributed by atoms with Crippen molar-refractivity contribution < 1.29 is 9.22 Å². The third-order valence-corrected chi connectivity index (χ3v) is 3.33. The minimum Gasteiger partial charge on any atom is -0.237 e. The molecule has 0 saturated carbocycles. The van der Waals surface area contributed by atoms with Gasteiger partial charge in [0, 0.05) is 4.90 Å². The molecule has 0 aliphatic carbocycles. The van der Waals surface area contributed by atoms with Crippen molar-refractivity contribution in [3.8, 4) is 17.2 Å². The molecular weight excluding hydrogens is 272 g/mol. The lowest BCUT2D eigenvalue weighted by molar-refractivity contribution is -0.160. The van der Waals surface area contributed by atoms with Crippen LogP contribution in [0.2, 0.25) is 0 Å². The Labute approximate surface area is 121 Å². The first-order chi connectivity index (χ1) is 9.78. The van der Waals surface area contributed by atoms with Gasteiger partial charge >= 0.3 is 0 Å². The highest BCUT2D eigenvalue weighted by Gasteiger charge is 2.07. The molecule has 0 fully saturated rings. The van der Waals surface area contributed by atoms with E-state index in [-0.39, 0.29) is 0 Å². The molecule has 0 atom stereocenters. The lowest BCUT2D eigenvalue weighted by Crippen LogP contribution is -1.83. The zero-order chi connectivity index (χ0) is 14.4. The predicted molar refractivity (Wildman–Crippen MR) is 76.8 cm³/mol. The molecule has 2 aromatic carbocycles. The van der Waals surface area contributed by atoms with E-state index in [9.17, 15) is 0 Å². The van der Waals surface area contributed by atoms with Crippen LogP contribution >= 0.6 is 12.0 Å². The first kappa shape index (κ1) is 14.1. The molecule has 5 heteroatoms. The fourth-order valence-corrected chi connectivity index (χ4v) is 2.18. The van der Waals surface area contributed by atoms with Crippen LogP contribution in [0.4, 0.5) is 5.69 Å². The van der Waals surface area contributed by atoms with E-state index >= 15 is 0 Å². The molecule has 0 unspecified atom stereocenters. The monoisotopic (exact) mass is 282 g/mol. The lowest BCUT2D eigenvalue weighted by atomic mass is 10.0. The van der Waals surface area contributed by atoms with Gasteiger partial charge in [0.2, 0.25) is 5.69 Å². The molecule has 0 spiro atoms. The number of nitrogens with zero attached hydrogens (tertiary/aromatic N) is 2. The summed E-state index contributed by atoms with van der Waals surface area (Å²) in [6.45, 7) is 7.13. The Bertz CT molecular complexity index is 685. The van der Waals surface area contributed by atoms with Crippen molar-refractivity contribution in [2.24, 2.45) is 0 Å². The van der Waals surface area contributed by atoms with Crippen LogP contribution in [-0.2, 0) is 9.22 Å². The Morgan fingerprint density at radius 2 is 1.85 bits per heavy atom. The van der Waals surface area contributed by atoms with Gasteiger partial charge in [-0.25, -0.2) is 9.73 Å². The fourth-order valence-electron chi connectivity index (χ4n) is 1.66. The third kappa shape index (κ3) is 3.17. The topological polar surface area (TPSA) is 46.6 Å². The van der Waals surface area contributed by atoms with Gasteiger partial charge in [-0.05, 0) is 29.3 Å². The zero-order valence-electron chi connectivity index (χ0n) is 10.7. The maximum atomic E-state index is 8.79. The summed E-state index contributed by atoms with van der Waals surface area (Å²) in [5, 5.41) is 8.79. The summed E-state index contributed by atoms with van der Waals surface area (Å²) in [5.41, 5.74) is 3.04. The summed E-state index contributed by atoms with van der Waals surface area (Å²) >= 11 is 1.000. The second-order valence-corrected chi connectivity index (χ2v) is 4.54. The van der Waals surface area contributed by atoms with E-state index in [1.807, 2.05) is 24.3 Å². The van der Waals surface area contributed by atoms with Gasteiger partial charge in [-0.3, -0.25) is 0 Å². The van der Waals surface area contributed by atoms with Crippen molar-refractivity contribution in [1.29, 1.82) is 5.26 Å². The van der Waals surface area contributed by atoms with Gasteiger partial charge in [0.05, 0.1) is 37.4 Å². The van der Waals surface area contributed by atoms with Crippen molar-refractivity contribution in [3.05, 3.63) is 59.4 Å². The summed E-state index contributed by atoms with van der Waals surface area (Å²) in [6.07, 6.45) is 0. The molecule has 98 valence electrons. The average Bonchev–Trinajstić information content (AvgIpc) is 2.52. The molecule has 2 rings (SSSR count). The van der Waals surface area contributed by atoms with E-state index in [0.29, 0.717) is 16.1 Å². The second-order valence-electron chi connectivity index (χ2n) is 3.80. The Hall–Kier alpha value is -2.31. The predicted octanol–water partition coefficient (Wildman–Crippen LogP) is 4.36. The smallest absolute Gasteiger partial charge is 0.202 e. The largest absolute Gasteiger partial charge is 0.237 e. The van der Waals surface area contributed by atoms with Crippen LogP contribution in [0.5, 0.6) is 0 Å². The van der Waals surface area contributed by atoms with Crippen LogP contribution in [0, 0.1) is 17.9 Å². The number of hydrogen-bond acceptors (Lipinski definition) is 4. The molecule has 0 saturated heterocycles. The minimum absolute atomic E-state index is 0.504. The van der Waals surface area contributed by atoms with E-state index in [4.69, 9.17) is 16.2 Å². The van der Waals surface area contributed by atoms with E-state index in [2.05, 4.69) is 15.8 Å². The van der Waals surface area contributed by atoms with E-state index in [1.165, 1.54) is 7.11 Å². The van der Waals surface area contributed by atoms with Crippen molar-refractivity contribution >= 4 is 17.7 Å². The summed E-state index contributed by atoms with van der Waals surface area (Å²) in [7, 11) is 1.41. The maximum Gasteiger partial charge on any atom is 0.202 e. The number of hydrogen-bond donors (Lipinski definition) is 0. The third-order valence-electron chi connectivity index (χ3n) is 2.62. The van der Waals surface area contributed by atoms with E-state index in [0.717, 1.165) is 23.2 Å². The van der Waals surface area contributed by atoms with Crippen molar-refractivity contribution in [3.63, 3.8) is 0 Å². The lowest BCUT2D eigenvalue weighted by Gasteiger charge is -2.06. The highest BCUT2D eigenvalue weighted by Crippen LogP contribution is 2.34. The Kier molecular flexibility index (Phi) is 4.75. The SMILES string of the molecule is [C-]#[N+]c1ccc(-c2ccc(C#N)cc2)cc1SOOC. The second kappa shape index (κ2) is 6.74. The van der Waals surface area contributed by atoms with Gasteiger partial charge in [0.25, 0.3) is 0 Å². The van der Waals surface area contributed by atoms with Crippen LogP contribution in [0.15, 0.2) is 47.4 Å². The van der Waals surface area contributed by atoms with Crippen molar-refractivity contribution in [1.82, 2.24) is 0 Å². The highest BCUT2D eigenvalue weighted by molar-refractivity contribution is 7.94. The van der Waals surface area contributed by atoms with Crippen LogP contribution in [-0.4, -0.2) is 7.11 Å². The summed E-state index contributed by atoms with van der Waals surface area (Å²) < 4.78 is 4.82. The molecule has 20 heavy (non-hydrogen) atoms. The summed E-state index contributed by atoms with van der Waals surface area (Å²) in [5.74, 6) is 0. The summed E-state index contributed by atoms with van der Waals surface area (Å²) in [6, 6.07) is 14.8. The van der Waals surface area contributed by atoms with E-state index < -0.39 is 0 Å². The van der Waals surface area contributed by atoms with Crippen LogP contribution in [0.1, 0.15) is 5.56 Å². The molecular formula is C15H10N2O2S. The quantitative estimate of drug-likeness (QED) is 0.362. The fraction of sp³-hybridized carbons (Fsp3) is 0.0667. The molecule has 0 radical (unpaired) electrons. The number of benzene rings is 2. The van der Waals surface area contributed by atoms with Crippen molar-refractivity contribution in [2.45, 2.75) is 4.90 Å². The van der Waals surface area contributed by atoms with Crippen LogP contribution < -0.4 is 0 Å². The van der Waals surface area contributed by atoms with Gasteiger partial charge in [-0.2, -0.15) is 9.60 Å². The van der Waals surface area contributed by atoms with Crippen LogP contribution in [0.25, 0.3) is 16.0 Å². The molecule has 0 aliphatic rings. The van der Waals surface area contributed by atoms with Gasteiger partial charge in [-0.1, -0.05) is 24.3 Å². The van der Waals surface area contributed by atoms with E-state index in [1.54, 1.807) is 18.2 Å². The first-order valence-electron chi connectivity index (χ1n) is 5.68. The molecule has 0 bridgehead atoms. The number of rotatable bonds is 4. The molecule has 0 aliphatic heterocycles. The van der Waals surface area contributed by atoms with Gasteiger partial charge in [0.15, 0.2) is 0 Å². The van der Waals surface area contributed by atoms with Crippen LogP contribution in [0.3, 0.4) is 0 Å². The normalized spacial score (nSPS) is 9.75. The molecule has 2 aromatic rings. The summed E-state index contributed by atoms with van der Waals surface area (Å²) in [4.78, 5) is 8.67. The Morgan fingerprint density at radius 3 is 2.45 bits per heavy atom. The average molecular weight is 282 g/mol. The van der Waals surface area contributed by atoms with Gasteiger partial charge in [0.1, 0.15) is 0 Å². The van der Waals surface area contributed by atoms with Gasteiger partial charge in [-0.15, -0.1) is 0 Å². The molecule has 0 N–H and O–H groups in total. The Balaban J connectivity index is 2.37. The first-order valence-corrected chi connectivity index (χ1v) is 6.42. The Morgan fingerprint density at radius 1 is 1.15 bits per heavy atom. The number of nitriles is 1. The molecule has 0 aromatic heterocycles. The van der Waals surface area contributed by atoms with Crippen molar-refractivity contribution in [2.75, 3.05) is 7.11 Å². The standard InChI is InChI=1S/C15H10N2O2S/c1-17-14-8-7-13(9-15(14)20-19-18-2)12-5-3-11(10-16)4-6-12/h3-9H,2H3.